The molecule has 1 aliphatic rings. The van der Waals surface area contributed by atoms with Gasteiger partial charge in [0.1, 0.15) is 10.7 Å². The van der Waals surface area contributed by atoms with E-state index >= 15 is 0 Å². The number of rotatable bonds is 5. The molecule has 0 bridgehead atoms. The Labute approximate surface area is 174 Å². The van der Waals surface area contributed by atoms with Crippen LogP contribution in [0, 0.1) is 0 Å². The van der Waals surface area contributed by atoms with E-state index in [1.54, 1.807) is 13.0 Å². The number of carbonyl (C=O) groups excluding carboxylic acids is 1. The first-order valence-corrected chi connectivity index (χ1v) is 8.02. The first-order chi connectivity index (χ1) is 11.0. The predicted octanol–water partition coefficient (Wildman–Crippen LogP) is 0.591. The Morgan fingerprint density at radius 2 is 2.08 bits per heavy atom. The van der Waals surface area contributed by atoms with Gasteiger partial charge in [0.15, 0.2) is 5.09 Å². The van der Waals surface area contributed by atoms with Crippen molar-refractivity contribution in [3.63, 3.8) is 0 Å². The van der Waals surface area contributed by atoms with Crippen molar-refractivity contribution in [2.24, 2.45) is 0 Å². The van der Waals surface area contributed by atoms with E-state index in [0.717, 1.165) is 30.0 Å². The molecule has 0 spiro atoms. The minimum Gasteiger partial charge on any atom is -0.547 e. The number of alkyl halides is 3. The first kappa shape index (κ1) is 22.7. The minimum atomic E-state index is -4.49. The second-order valence-corrected chi connectivity index (χ2v) is 7.16. The van der Waals surface area contributed by atoms with Crippen molar-refractivity contribution in [3.05, 3.63) is 40.0 Å². The molecule has 2 atom stereocenters. The molecule has 0 saturated heterocycles. The van der Waals surface area contributed by atoms with Crippen molar-refractivity contribution in [1.29, 1.82) is 0 Å². The Bertz CT molecular complexity index is 683. The summed E-state index contributed by atoms with van der Waals surface area (Å²) in [5.74, 6) is -1.27. The standard InChI is InChI=1S/C15H14ClF3O4S.Na/c1-8(13(20)21)23-14(2)6-5-12(24-14)22-11-4-3-9(7-10(11)16)15(17,18)19;/h3-5,7-8H,6H2,1-2H3,(H,20,21);/q;+1/p-1. The maximum absolute atomic E-state index is 12.6. The maximum Gasteiger partial charge on any atom is 1.00 e. The summed E-state index contributed by atoms with van der Waals surface area (Å²) >= 11 is 6.95. The quantitative estimate of drug-likeness (QED) is 0.672. The minimum absolute atomic E-state index is 0. The zero-order valence-electron chi connectivity index (χ0n) is 13.6. The van der Waals surface area contributed by atoms with Crippen LogP contribution in [0.15, 0.2) is 29.4 Å². The van der Waals surface area contributed by atoms with Gasteiger partial charge in [-0.05, 0) is 38.1 Å². The van der Waals surface area contributed by atoms with Gasteiger partial charge in [-0.3, -0.25) is 0 Å². The molecule has 0 aromatic heterocycles. The zero-order chi connectivity index (χ0) is 18.1. The van der Waals surface area contributed by atoms with Gasteiger partial charge < -0.3 is 19.4 Å². The molecule has 1 heterocycles. The van der Waals surface area contributed by atoms with Gasteiger partial charge in [0.25, 0.3) is 0 Å². The van der Waals surface area contributed by atoms with E-state index < -0.39 is 28.7 Å². The third kappa shape index (κ3) is 6.08. The van der Waals surface area contributed by atoms with Gasteiger partial charge in [0, 0.05) is 6.42 Å². The fourth-order valence-electron chi connectivity index (χ4n) is 1.99. The van der Waals surface area contributed by atoms with Crippen molar-refractivity contribution >= 4 is 29.3 Å². The number of carboxylic acid groups (broad SMARTS) is 1. The second kappa shape index (κ2) is 8.54. The van der Waals surface area contributed by atoms with Gasteiger partial charge in [0.05, 0.1) is 22.7 Å². The number of hydrogen-bond donors (Lipinski definition) is 0. The molecular weight excluding hydrogens is 392 g/mol. The van der Waals surface area contributed by atoms with E-state index in [4.69, 9.17) is 21.1 Å². The van der Waals surface area contributed by atoms with E-state index in [9.17, 15) is 23.1 Å². The predicted molar refractivity (Wildman–Crippen MR) is 81.3 cm³/mol. The second-order valence-electron chi connectivity index (χ2n) is 5.29. The molecule has 132 valence electrons. The Balaban J connectivity index is 0.00000312. The van der Waals surface area contributed by atoms with Crippen molar-refractivity contribution in [2.45, 2.75) is 37.5 Å². The number of hydrogen-bond acceptors (Lipinski definition) is 5. The fraction of sp³-hybridized carbons (Fsp3) is 0.400. The molecule has 0 radical (unpaired) electrons. The van der Waals surface area contributed by atoms with Crippen LogP contribution in [0.2, 0.25) is 5.02 Å². The summed E-state index contributed by atoms with van der Waals surface area (Å²) < 4.78 is 48.7. The largest absolute Gasteiger partial charge is 1.00 e. The number of thioether (sulfide) groups is 1. The Kier molecular flexibility index (Phi) is 7.74. The van der Waals surface area contributed by atoms with E-state index in [0.29, 0.717) is 11.5 Å². The van der Waals surface area contributed by atoms with Gasteiger partial charge in [-0.2, -0.15) is 13.2 Å². The molecule has 0 N–H and O–H groups in total. The van der Waals surface area contributed by atoms with Crippen LogP contribution in [0.1, 0.15) is 25.8 Å². The molecule has 2 rings (SSSR count). The molecule has 25 heavy (non-hydrogen) atoms. The molecule has 4 nitrogen and oxygen atoms in total. The summed E-state index contributed by atoms with van der Waals surface area (Å²) in [4.78, 5) is 9.89. The molecule has 1 aromatic carbocycles. The molecule has 0 aliphatic carbocycles. The van der Waals surface area contributed by atoms with Gasteiger partial charge in [-0.25, -0.2) is 0 Å². The molecule has 0 saturated carbocycles. The summed E-state index contributed by atoms with van der Waals surface area (Å²) in [6.45, 7) is 3.03. The monoisotopic (exact) mass is 404 g/mol. The normalized spacial score (nSPS) is 21.3. The average molecular weight is 405 g/mol. The third-order valence-corrected chi connectivity index (χ3v) is 4.63. The molecule has 1 aromatic rings. The van der Waals surface area contributed by atoms with E-state index in [2.05, 4.69) is 0 Å². The maximum atomic E-state index is 12.6. The van der Waals surface area contributed by atoms with Gasteiger partial charge in [0.2, 0.25) is 0 Å². The topological polar surface area (TPSA) is 58.6 Å². The van der Waals surface area contributed by atoms with Crippen LogP contribution in [0.25, 0.3) is 0 Å². The summed E-state index contributed by atoms with van der Waals surface area (Å²) in [7, 11) is 0. The third-order valence-electron chi connectivity index (χ3n) is 3.18. The van der Waals surface area contributed by atoms with Crippen LogP contribution in [0.5, 0.6) is 5.75 Å². The Morgan fingerprint density at radius 1 is 1.44 bits per heavy atom. The molecule has 1 aliphatic heterocycles. The van der Waals surface area contributed by atoms with Crippen LogP contribution < -0.4 is 39.4 Å². The van der Waals surface area contributed by atoms with E-state index in [1.165, 1.54) is 6.92 Å². The van der Waals surface area contributed by atoms with E-state index in [1.807, 2.05) is 0 Å². The molecular formula is C15H13ClF3NaO4S. The van der Waals surface area contributed by atoms with Crippen molar-refractivity contribution in [2.75, 3.05) is 0 Å². The van der Waals surface area contributed by atoms with Crippen LogP contribution in [0.4, 0.5) is 13.2 Å². The smallest absolute Gasteiger partial charge is 0.547 e. The zero-order valence-corrected chi connectivity index (χ0v) is 17.2. The van der Waals surface area contributed by atoms with Crippen molar-refractivity contribution in [3.8, 4) is 5.75 Å². The van der Waals surface area contributed by atoms with Crippen molar-refractivity contribution < 1.29 is 62.1 Å². The molecule has 10 heteroatoms. The summed E-state index contributed by atoms with van der Waals surface area (Å²) in [5, 5.41) is 10.9. The first-order valence-electron chi connectivity index (χ1n) is 6.83. The van der Waals surface area contributed by atoms with Crippen LogP contribution in [-0.4, -0.2) is 17.0 Å². The van der Waals surface area contributed by atoms with Crippen LogP contribution in [-0.2, 0) is 15.7 Å². The Hall–Kier alpha value is -0.380. The summed E-state index contributed by atoms with van der Waals surface area (Å²) in [6.07, 6.45) is -3.58. The van der Waals surface area contributed by atoms with Gasteiger partial charge >= 0.3 is 35.7 Å². The van der Waals surface area contributed by atoms with Gasteiger partial charge in [-0.15, -0.1) is 0 Å². The molecule has 0 amide bonds. The van der Waals surface area contributed by atoms with Gasteiger partial charge in [-0.1, -0.05) is 23.4 Å². The van der Waals surface area contributed by atoms with Crippen molar-refractivity contribution in [1.82, 2.24) is 0 Å². The number of carbonyl (C=O) groups is 1. The number of aliphatic carboxylic acids is 1. The average Bonchev–Trinajstić information content (AvgIpc) is 2.80. The summed E-state index contributed by atoms with van der Waals surface area (Å²) in [5.41, 5.74) is -0.871. The van der Waals surface area contributed by atoms with Crippen LogP contribution in [0.3, 0.4) is 0 Å². The fourth-order valence-corrected chi connectivity index (χ4v) is 3.29. The number of carboxylic acids is 1. The number of benzene rings is 1. The molecule has 0 fully saturated rings. The van der Waals surface area contributed by atoms with Crippen LogP contribution >= 0.6 is 23.4 Å². The number of halogens is 4. The summed E-state index contributed by atoms with van der Waals surface area (Å²) in [6, 6.07) is 2.78. The number of ether oxygens (including phenoxy) is 2. The van der Waals surface area contributed by atoms with E-state index in [-0.39, 0.29) is 40.3 Å². The SMILES string of the molecule is CC(OC1(C)CC=C(Oc2ccc(C(F)(F)F)cc2Cl)S1)C(=O)[O-].[Na+]. The molecule has 2 unspecified atom stereocenters. The Morgan fingerprint density at radius 3 is 2.60 bits per heavy atom.